The number of hydrogen-bond donors (Lipinski definition) is 1. The summed E-state index contributed by atoms with van der Waals surface area (Å²) in [4.78, 5) is 4.09. The van der Waals surface area contributed by atoms with Crippen molar-refractivity contribution in [3.63, 3.8) is 0 Å². The molecule has 2 heterocycles. The van der Waals surface area contributed by atoms with Gasteiger partial charge < -0.3 is 5.73 Å². The number of rotatable bonds is 3. The summed E-state index contributed by atoms with van der Waals surface area (Å²) in [6.45, 7) is 0. The first kappa shape index (κ1) is 11.6. The van der Waals surface area contributed by atoms with Gasteiger partial charge in [-0.15, -0.1) is 5.10 Å². The molecule has 1 atom stereocenters. The zero-order valence-electron chi connectivity index (χ0n) is 10.2. The second-order valence-corrected chi connectivity index (χ2v) is 4.17. The third-order valence-corrected chi connectivity index (χ3v) is 2.94. The Labute approximate surface area is 110 Å². The zero-order chi connectivity index (χ0) is 13.1. The Morgan fingerprint density at radius 2 is 1.84 bits per heavy atom. The molecule has 0 aliphatic rings. The Bertz CT molecular complexity index is 648. The maximum absolute atomic E-state index is 6.26. The van der Waals surface area contributed by atoms with E-state index in [1.165, 1.54) is 0 Å². The Hall–Kier alpha value is -2.53. The van der Waals surface area contributed by atoms with E-state index in [4.69, 9.17) is 5.73 Å². The predicted octanol–water partition coefficient (Wildman–Crippen LogP) is 1.71. The SMILES string of the molecule is NC(c1cccnc1)c1cnnn1-c1ccccc1. The minimum atomic E-state index is -0.302. The minimum absolute atomic E-state index is 0.302. The molecule has 5 heteroatoms. The summed E-state index contributed by atoms with van der Waals surface area (Å²) in [6, 6.07) is 13.3. The smallest absolute Gasteiger partial charge is 0.0859 e. The molecule has 0 radical (unpaired) electrons. The lowest BCUT2D eigenvalue weighted by atomic mass is 10.1. The van der Waals surface area contributed by atoms with Crippen LogP contribution in [0.3, 0.4) is 0 Å². The first-order valence-corrected chi connectivity index (χ1v) is 5.98. The molecule has 5 nitrogen and oxygen atoms in total. The van der Waals surface area contributed by atoms with Gasteiger partial charge in [-0.2, -0.15) is 0 Å². The molecule has 1 unspecified atom stereocenters. The van der Waals surface area contributed by atoms with Crippen LogP contribution in [-0.2, 0) is 0 Å². The summed E-state index contributed by atoms with van der Waals surface area (Å²) in [6.07, 6.45) is 5.17. The van der Waals surface area contributed by atoms with Gasteiger partial charge in [-0.25, -0.2) is 4.68 Å². The topological polar surface area (TPSA) is 69.6 Å². The highest BCUT2D eigenvalue weighted by molar-refractivity contribution is 5.34. The lowest BCUT2D eigenvalue weighted by molar-refractivity contribution is 0.718. The van der Waals surface area contributed by atoms with E-state index in [2.05, 4.69) is 15.3 Å². The Kier molecular flexibility index (Phi) is 3.04. The highest BCUT2D eigenvalue weighted by Gasteiger charge is 2.15. The van der Waals surface area contributed by atoms with Crippen LogP contribution in [0.1, 0.15) is 17.3 Å². The molecule has 0 fully saturated rings. The molecule has 0 spiro atoms. The molecular weight excluding hydrogens is 238 g/mol. The van der Waals surface area contributed by atoms with Crippen molar-refractivity contribution in [1.82, 2.24) is 20.0 Å². The number of hydrogen-bond acceptors (Lipinski definition) is 4. The van der Waals surface area contributed by atoms with E-state index in [0.717, 1.165) is 16.9 Å². The van der Waals surface area contributed by atoms with Crippen molar-refractivity contribution in [2.24, 2.45) is 5.73 Å². The monoisotopic (exact) mass is 251 g/mol. The fourth-order valence-electron chi connectivity index (χ4n) is 1.96. The number of nitrogens with zero attached hydrogens (tertiary/aromatic N) is 4. The quantitative estimate of drug-likeness (QED) is 0.769. The van der Waals surface area contributed by atoms with Crippen LogP contribution in [0.25, 0.3) is 5.69 Å². The van der Waals surface area contributed by atoms with Crippen LogP contribution in [0, 0.1) is 0 Å². The van der Waals surface area contributed by atoms with Crippen LogP contribution >= 0.6 is 0 Å². The maximum Gasteiger partial charge on any atom is 0.0859 e. The standard InChI is InChI=1S/C14H13N5/c15-14(11-5-4-8-16-9-11)13-10-17-18-19(13)12-6-2-1-3-7-12/h1-10,14H,15H2. The van der Waals surface area contributed by atoms with E-state index in [0.29, 0.717) is 0 Å². The molecule has 0 saturated carbocycles. The molecule has 3 rings (SSSR count). The molecule has 0 bridgehead atoms. The van der Waals surface area contributed by atoms with Crippen LogP contribution in [0.15, 0.2) is 61.1 Å². The molecule has 0 aliphatic carbocycles. The zero-order valence-corrected chi connectivity index (χ0v) is 10.2. The molecular formula is C14H13N5. The van der Waals surface area contributed by atoms with Gasteiger partial charge in [0, 0.05) is 12.4 Å². The third-order valence-electron chi connectivity index (χ3n) is 2.94. The predicted molar refractivity (Wildman–Crippen MR) is 71.6 cm³/mol. The summed E-state index contributed by atoms with van der Waals surface area (Å²) in [5.74, 6) is 0. The maximum atomic E-state index is 6.26. The molecule has 0 aliphatic heterocycles. The van der Waals surface area contributed by atoms with Crippen molar-refractivity contribution in [1.29, 1.82) is 0 Å². The summed E-state index contributed by atoms with van der Waals surface area (Å²) >= 11 is 0. The molecule has 3 aromatic rings. The fourth-order valence-corrected chi connectivity index (χ4v) is 1.96. The van der Waals surface area contributed by atoms with E-state index < -0.39 is 0 Å². The van der Waals surface area contributed by atoms with Gasteiger partial charge in [0.05, 0.1) is 23.6 Å². The summed E-state index contributed by atoms with van der Waals surface area (Å²) in [5.41, 5.74) is 8.96. The van der Waals surface area contributed by atoms with E-state index in [1.54, 1.807) is 23.3 Å². The first-order chi connectivity index (χ1) is 9.36. The van der Waals surface area contributed by atoms with Gasteiger partial charge in [0.25, 0.3) is 0 Å². The van der Waals surface area contributed by atoms with Crippen molar-refractivity contribution in [2.45, 2.75) is 6.04 Å². The van der Waals surface area contributed by atoms with Crippen LogP contribution in [0.4, 0.5) is 0 Å². The van der Waals surface area contributed by atoms with Crippen molar-refractivity contribution in [3.8, 4) is 5.69 Å². The van der Waals surface area contributed by atoms with Crippen molar-refractivity contribution in [2.75, 3.05) is 0 Å². The Balaban J connectivity index is 2.01. The van der Waals surface area contributed by atoms with Gasteiger partial charge in [0.15, 0.2) is 0 Å². The summed E-state index contributed by atoms with van der Waals surface area (Å²) in [7, 11) is 0. The molecule has 94 valence electrons. The highest BCUT2D eigenvalue weighted by atomic mass is 15.4. The minimum Gasteiger partial charge on any atom is -0.319 e. The van der Waals surface area contributed by atoms with Crippen molar-refractivity contribution >= 4 is 0 Å². The Morgan fingerprint density at radius 1 is 1.00 bits per heavy atom. The van der Waals surface area contributed by atoms with Gasteiger partial charge in [-0.3, -0.25) is 4.98 Å². The largest absolute Gasteiger partial charge is 0.319 e. The van der Waals surface area contributed by atoms with Gasteiger partial charge in [-0.1, -0.05) is 29.5 Å². The number of aromatic nitrogens is 4. The van der Waals surface area contributed by atoms with Gasteiger partial charge in [0.2, 0.25) is 0 Å². The molecule has 19 heavy (non-hydrogen) atoms. The first-order valence-electron chi connectivity index (χ1n) is 5.98. The number of para-hydroxylation sites is 1. The normalized spacial score (nSPS) is 12.3. The van der Waals surface area contributed by atoms with Crippen LogP contribution in [-0.4, -0.2) is 20.0 Å². The van der Waals surface area contributed by atoms with E-state index >= 15 is 0 Å². The van der Waals surface area contributed by atoms with Gasteiger partial charge >= 0.3 is 0 Å². The highest BCUT2D eigenvalue weighted by Crippen LogP contribution is 2.20. The number of pyridine rings is 1. The van der Waals surface area contributed by atoms with Crippen LogP contribution < -0.4 is 5.73 Å². The second kappa shape index (κ2) is 4.99. The van der Waals surface area contributed by atoms with E-state index in [1.807, 2.05) is 42.5 Å². The summed E-state index contributed by atoms with van der Waals surface area (Å²) in [5, 5.41) is 8.06. The Morgan fingerprint density at radius 3 is 2.58 bits per heavy atom. The van der Waals surface area contributed by atoms with E-state index in [9.17, 15) is 0 Å². The molecule has 0 saturated heterocycles. The summed E-state index contributed by atoms with van der Waals surface area (Å²) < 4.78 is 1.75. The molecule has 2 N–H and O–H groups in total. The van der Waals surface area contributed by atoms with Crippen molar-refractivity contribution < 1.29 is 0 Å². The molecule has 1 aromatic carbocycles. The third kappa shape index (κ3) is 2.23. The van der Waals surface area contributed by atoms with Gasteiger partial charge in [-0.05, 0) is 23.8 Å². The van der Waals surface area contributed by atoms with E-state index in [-0.39, 0.29) is 6.04 Å². The molecule has 0 amide bonds. The molecule has 2 aromatic heterocycles. The van der Waals surface area contributed by atoms with Gasteiger partial charge in [0.1, 0.15) is 0 Å². The van der Waals surface area contributed by atoms with Crippen molar-refractivity contribution in [3.05, 3.63) is 72.3 Å². The average Bonchev–Trinajstić information content (AvgIpc) is 2.98. The average molecular weight is 251 g/mol. The lowest BCUT2D eigenvalue weighted by Gasteiger charge is -2.13. The van der Waals surface area contributed by atoms with Crippen LogP contribution in [0.5, 0.6) is 0 Å². The number of benzene rings is 1. The van der Waals surface area contributed by atoms with Crippen LogP contribution in [0.2, 0.25) is 0 Å². The second-order valence-electron chi connectivity index (χ2n) is 4.17. The lowest BCUT2D eigenvalue weighted by Crippen LogP contribution is -2.16. The number of nitrogens with two attached hydrogens (primary N) is 1. The fraction of sp³-hybridized carbons (Fsp3) is 0.0714.